The van der Waals surface area contributed by atoms with Crippen LogP contribution in [-0.2, 0) is 0 Å². The van der Waals surface area contributed by atoms with Crippen LogP contribution in [0.5, 0.6) is 0 Å². The van der Waals surface area contributed by atoms with Crippen LogP contribution in [0.3, 0.4) is 0 Å². The summed E-state index contributed by atoms with van der Waals surface area (Å²) in [5.41, 5.74) is 2.74. The van der Waals surface area contributed by atoms with E-state index in [2.05, 4.69) is 41.3 Å². The third-order valence-electron chi connectivity index (χ3n) is 4.83. The van der Waals surface area contributed by atoms with Gasteiger partial charge in [-0.05, 0) is 51.5 Å². The van der Waals surface area contributed by atoms with E-state index < -0.39 is 0 Å². The number of anilines is 1. The van der Waals surface area contributed by atoms with Gasteiger partial charge in [0.15, 0.2) is 0 Å². The molecule has 2 aromatic carbocycles. The van der Waals surface area contributed by atoms with Crippen LogP contribution in [0.25, 0.3) is 34.1 Å². The summed E-state index contributed by atoms with van der Waals surface area (Å²) in [6.07, 6.45) is 0.957. The summed E-state index contributed by atoms with van der Waals surface area (Å²) < 4.78 is 5.90. The summed E-state index contributed by atoms with van der Waals surface area (Å²) in [5.74, 6) is 1.95. The Morgan fingerprint density at radius 2 is 1.75 bits per heavy atom. The predicted octanol–water partition coefficient (Wildman–Crippen LogP) is 5.26. The van der Waals surface area contributed by atoms with Gasteiger partial charge in [-0.3, -0.25) is 0 Å². The molecule has 142 valence electrons. The average Bonchev–Trinajstić information content (AvgIpc) is 3.18. The van der Waals surface area contributed by atoms with E-state index in [0.29, 0.717) is 17.6 Å². The summed E-state index contributed by atoms with van der Waals surface area (Å²) in [5, 5.41) is 12.9. The average molecular weight is 373 g/mol. The first-order chi connectivity index (χ1) is 13.4. The maximum atomic E-state index is 5.90. The molecule has 6 nitrogen and oxygen atoms in total. The second kappa shape index (κ2) is 7.03. The van der Waals surface area contributed by atoms with Gasteiger partial charge in [-0.1, -0.05) is 36.8 Å². The van der Waals surface area contributed by atoms with Gasteiger partial charge in [0.2, 0.25) is 11.7 Å². The predicted molar refractivity (Wildman–Crippen MR) is 111 cm³/mol. The summed E-state index contributed by atoms with van der Waals surface area (Å²) >= 11 is 0. The number of fused-ring (bicyclic) bond motifs is 1. The van der Waals surface area contributed by atoms with E-state index in [-0.39, 0.29) is 5.54 Å². The third kappa shape index (κ3) is 3.58. The maximum Gasteiger partial charge on any atom is 0.286 e. The molecule has 0 spiro atoms. The van der Waals surface area contributed by atoms with Gasteiger partial charge in [0.05, 0.1) is 5.52 Å². The largest absolute Gasteiger partial charge is 0.413 e. The van der Waals surface area contributed by atoms with Gasteiger partial charge in [-0.2, -0.15) is 0 Å². The Labute approximate surface area is 164 Å². The van der Waals surface area contributed by atoms with Crippen LogP contribution >= 0.6 is 0 Å². The van der Waals surface area contributed by atoms with Crippen molar-refractivity contribution in [3.05, 3.63) is 54.1 Å². The Morgan fingerprint density at radius 1 is 0.964 bits per heavy atom. The highest BCUT2D eigenvalue weighted by molar-refractivity contribution is 5.90. The molecule has 0 saturated heterocycles. The first-order valence-corrected chi connectivity index (χ1v) is 9.41. The van der Waals surface area contributed by atoms with Gasteiger partial charge in [0.1, 0.15) is 5.82 Å². The third-order valence-corrected chi connectivity index (χ3v) is 4.83. The number of hydrogen-bond acceptors (Lipinski definition) is 6. The molecule has 0 aliphatic rings. The van der Waals surface area contributed by atoms with Crippen molar-refractivity contribution in [1.82, 2.24) is 20.2 Å². The molecule has 28 heavy (non-hydrogen) atoms. The number of benzene rings is 2. The fraction of sp³-hybridized carbons (Fsp3) is 0.273. The summed E-state index contributed by atoms with van der Waals surface area (Å²) in [6, 6.07) is 15.9. The van der Waals surface area contributed by atoms with Crippen molar-refractivity contribution >= 4 is 16.7 Å². The first kappa shape index (κ1) is 18.1. The number of rotatable bonds is 5. The van der Waals surface area contributed by atoms with Crippen LogP contribution < -0.4 is 5.32 Å². The lowest BCUT2D eigenvalue weighted by Gasteiger charge is -2.26. The van der Waals surface area contributed by atoms with Gasteiger partial charge in [-0.15, -0.1) is 10.2 Å². The lowest BCUT2D eigenvalue weighted by molar-refractivity contribution is 0.545. The SMILES string of the molecule is CCC(C)(C)Nc1nc(-c2nnc(-c3cccc(C)c3)o2)nc2ccccc12. The van der Waals surface area contributed by atoms with Crippen molar-refractivity contribution in [2.75, 3.05) is 5.32 Å². The highest BCUT2D eigenvalue weighted by Crippen LogP contribution is 2.28. The van der Waals surface area contributed by atoms with Crippen LogP contribution in [0.1, 0.15) is 32.8 Å². The van der Waals surface area contributed by atoms with Crippen molar-refractivity contribution in [2.45, 2.75) is 39.7 Å². The fourth-order valence-corrected chi connectivity index (χ4v) is 2.88. The number of nitrogens with one attached hydrogen (secondary N) is 1. The van der Waals surface area contributed by atoms with Crippen LogP contribution in [0.2, 0.25) is 0 Å². The van der Waals surface area contributed by atoms with Crippen molar-refractivity contribution < 1.29 is 4.42 Å². The molecule has 2 aromatic heterocycles. The second-order valence-electron chi connectivity index (χ2n) is 7.56. The monoisotopic (exact) mass is 373 g/mol. The standard InChI is InChI=1S/C22H23N5O/c1-5-22(3,4)25-18-16-11-6-7-12-17(16)23-19(24-18)21-27-26-20(28-21)15-10-8-9-14(2)13-15/h6-13H,5H2,1-4H3,(H,23,24,25). The molecule has 2 heterocycles. The summed E-state index contributed by atoms with van der Waals surface area (Å²) in [6.45, 7) is 8.46. The van der Waals surface area contributed by atoms with Crippen LogP contribution in [0.4, 0.5) is 5.82 Å². The van der Waals surface area contributed by atoms with E-state index >= 15 is 0 Å². The maximum absolute atomic E-state index is 5.90. The zero-order valence-electron chi connectivity index (χ0n) is 16.5. The molecule has 0 fully saturated rings. The number of aryl methyl sites for hydroxylation is 1. The quantitative estimate of drug-likeness (QED) is 0.514. The second-order valence-corrected chi connectivity index (χ2v) is 7.56. The van der Waals surface area contributed by atoms with Crippen LogP contribution in [0.15, 0.2) is 52.9 Å². The highest BCUT2D eigenvalue weighted by atomic mass is 16.4. The Hall–Kier alpha value is -3.28. The summed E-state index contributed by atoms with van der Waals surface area (Å²) in [4.78, 5) is 9.35. The zero-order chi connectivity index (χ0) is 19.7. The molecule has 0 aliphatic carbocycles. The van der Waals surface area contributed by atoms with Gasteiger partial charge in [-0.25, -0.2) is 9.97 Å². The van der Waals surface area contributed by atoms with Crippen molar-refractivity contribution in [3.8, 4) is 23.2 Å². The number of hydrogen-bond donors (Lipinski definition) is 1. The minimum atomic E-state index is -0.101. The Kier molecular flexibility index (Phi) is 4.55. The molecule has 0 aliphatic heterocycles. The van der Waals surface area contributed by atoms with Gasteiger partial charge in [0, 0.05) is 16.5 Å². The molecule has 6 heteroatoms. The minimum Gasteiger partial charge on any atom is -0.413 e. The molecule has 0 amide bonds. The normalized spacial score (nSPS) is 11.7. The lowest BCUT2D eigenvalue weighted by atomic mass is 10.0. The molecule has 0 unspecified atom stereocenters. The van der Waals surface area contributed by atoms with E-state index in [1.165, 1.54) is 0 Å². The van der Waals surface area contributed by atoms with Gasteiger partial charge >= 0.3 is 0 Å². The Bertz CT molecular complexity index is 1130. The van der Waals surface area contributed by atoms with Gasteiger partial charge < -0.3 is 9.73 Å². The molecular weight excluding hydrogens is 350 g/mol. The van der Waals surface area contributed by atoms with E-state index in [4.69, 9.17) is 9.40 Å². The Morgan fingerprint density at radius 3 is 2.54 bits per heavy atom. The zero-order valence-corrected chi connectivity index (χ0v) is 16.5. The van der Waals surface area contributed by atoms with E-state index in [1.54, 1.807) is 0 Å². The first-order valence-electron chi connectivity index (χ1n) is 9.41. The molecule has 0 saturated carbocycles. The summed E-state index contributed by atoms with van der Waals surface area (Å²) in [7, 11) is 0. The van der Waals surface area contributed by atoms with Crippen LogP contribution in [0, 0.1) is 6.92 Å². The molecule has 0 radical (unpaired) electrons. The number of aromatic nitrogens is 4. The van der Waals surface area contributed by atoms with Gasteiger partial charge in [0.25, 0.3) is 5.89 Å². The molecule has 0 atom stereocenters. The lowest BCUT2D eigenvalue weighted by Crippen LogP contribution is -2.30. The van der Waals surface area contributed by atoms with Crippen molar-refractivity contribution in [3.63, 3.8) is 0 Å². The Balaban J connectivity index is 1.79. The van der Waals surface area contributed by atoms with E-state index in [9.17, 15) is 0 Å². The highest BCUT2D eigenvalue weighted by Gasteiger charge is 2.20. The molecule has 0 bridgehead atoms. The molecule has 1 N–H and O–H groups in total. The molecular formula is C22H23N5O. The minimum absolute atomic E-state index is 0.101. The number of nitrogens with zero attached hydrogens (tertiary/aromatic N) is 4. The smallest absolute Gasteiger partial charge is 0.286 e. The van der Waals surface area contributed by atoms with Crippen molar-refractivity contribution in [1.29, 1.82) is 0 Å². The topological polar surface area (TPSA) is 76.7 Å². The molecule has 4 rings (SSSR count). The molecule has 4 aromatic rings. The van der Waals surface area contributed by atoms with E-state index in [1.807, 2.05) is 55.5 Å². The van der Waals surface area contributed by atoms with Crippen LogP contribution in [-0.4, -0.2) is 25.7 Å². The van der Waals surface area contributed by atoms with E-state index in [0.717, 1.165) is 34.3 Å². The number of para-hydroxylation sites is 1. The van der Waals surface area contributed by atoms with Crippen molar-refractivity contribution in [2.24, 2.45) is 0 Å². The fourth-order valence-electron chi connectivity index (χ4n) is 2.88.